The lowest BCUT2D eigenvalue weighted by molar-refractivity contribution is 0.331. The van der Waals surface area contributed by atoms with Crippen molar-refractivity contribution in [2.75, 3.05) is 18.1 Å². The number of nitrogens with two attached hydrogens (primary N) is 1. The number of hydrogen-bond donors (Lipinski definition) is 1. The lowest BCUT2D eigenvalue weighted by Gasteiger charge is -2.10. The van der Waals surface area contributed by atoms with Crippen LogP contribution in [0, 0.1) is 5.82 Å². The molecule has 0 aliphatic rings. The lowest BCUT2D eigenvalue weighted by Crippen LogP contribution is -2.15. The van der Waals surface area contributed by atoms with E-state index in [0.29, 0.717) is 22.3 Å². The van der Waals surface area contributed by atoms with Gasteiger partial charge in [-0.25, -0.2) is 22.8 Å². The number of halogens is 1. The molecule has 2 N–H and O–H groups in total. The molecule has 2 aromatic carbocycles. The van der Waals surface area contributed by atoms with E-state index in [0.717, 1.165) is 0 Å². The standard InChI is InChI=1S/C21H17FN4O3S/c22-15-8-6-14(7-9-15)17-10-11-18-19(24-17)20(26-21(23)25-18)29-12-13-30(27,28)16-4-2-1-3-5-16/h1-11H,12-13H2,(H2,23,25,26). The fraction of sp³-hybridized carbons (Fsp3) is 0.0952. The lowest BCUT2D eigenvalue weighted by atomic mass is 10.1. The molecule has 2 heterocycles. The van der Waals surface area contributed by atoms with E-state index < -0.39 is 9.84 Å². The van der Waals surface area contributed by atoms with Crippen molar-refractivity contribution in [1.82, 2.24) is 15.0 Å². The normalized spacial score (nSPS) is 11.5. The molecule has 0 aliphatic carbocycles. The second-order valence-corrected chi connectivity index (χ2v) is 8.55. The molecule has 7 nitrogen and oxygen atoms in total. The van der Waals surface area contributed by atoms with Crippen LogP contribution in [0.4, 0.5) is 10.3 Å². The maximum atomic E-state index is 13.2. The Hall–Kier alpha value is -3.59. The molecule has 152 valence electrons. The second-order valence-electron chi connectivity index (χ2n) is 6.44. The summed E-state index contributed by atoms with van der Waals surface area (Å²) in [6, 6.07) is 17.4. The number of nitrogen functional groups attached to an aromatic ring is 1. The van der Waals surface area contributed by atoms with Crippen LogP contribution < -0.4 is 10.5 Å². The van der Waals surface area contributed by atoms with Crippen molar-refractivity contribution in [3.63, 3.8) is 0 Å². The summed E-state index contributed by atoms with van der Waals surface area (Å²) in [5.41, 5.74) is 7.81. The molecule has 2 aromatic heterocycles. The van der Waals surface area contributed by atoms with E-state index >= 15 is 0 Å². The smallest absolute Gasteiger partial charge is 0.245 e. The van der Waals surface area contributed by atoms with Gasteiger partial charge in [0.25, 0.3) is 0 Å². The Labute approximate surface area is 172 Å². The third-order valence-corrected chi connectivity index (χ3v) is 6.06. The largest absolute Gasteiger partial charge is 0.475 e. The van der Waals surface area contributed by atoms with Crippen LogP contribution in [0.5, 0.6) is 5.88 Å². The van der Waals surface area contributed by atoms with Crippen molar-refractivity contribution < 1.29 is 17.5 Å². The SMILES string of the molecule is Nc1nc(OCCS(=O)(=O)c2ccccc2)c2nc(-c3ccc(F)cc3)ccc2n1. The van der Waals surface area contributed by atoms with Crippen molar-refractivity contribution in [2.45, 2.75) is 4.90 Å². The van der Waals surface area contributed by atoms with Crippen LogP contribution in [0.15, 0.2) is 71.6 Å². The fourth-order valence-electron chi connectivity index (χ4n) is 2.88. The average Bonchev–Trinajstić information content (AvgIpc) is 2.74. The van der Waals surface area contributed by atoms with Gasteiger partial charge in [-0.05, 0) is 48.5 Å². The van der Waals surface area contributed by atoms with Gasteiger partial charge >= 0.3 is 0 Å². The number of pyridine rings is 1. The number of aromatic nitrogens is 3. The van der Waals surface area contributed by atoms with Gasteiger partial charge < -0.3 is 10.5 Å². The number of sulfone groups is 1. The Morgan fingerprint density at radius 1 is 0.900 bits per heavy atom. The zero-order chi connectivity index (χ0) is 21.1. The first kappa shape index (κ1) is 19.7. The van der Waals surface area contributed by atoms with E-state index in [1.165, 1.54) is 24.3 Å². The number of anilines is 1. The maximum absolute atomic E-state index is 13.2. The number of nitrogens with zero attached hydrogens (tertiary/aromatic N) is 3. The Bertz CT molecular complexity index is 1300. The van der Waals surface area contributed by atoms with Gasteiger partial charge in [-0.2, -0.15) is 4.98 Å². The van der Waals surface area contributed by atoms with Crippen molar-refractivity contribution in [3.8, 4) is 17.1 Å². The monoisotopic (exact) mass is 424 g/mol. The molecule has 0 unspecified atom stereocenters. The van der Waals surface area contributed by atoms with Gasteiger partial charge in [-0.1, -0.05) is 18.2 Å². The predicted octanol–water partition coefficient (Wildman–Crippen LogP) is 3.27. The quantitative estimate of drug-likeness (QED) is 0.506. The Morgan fingerprint density at radius 2 is 1.63 bits per heavy atom. The first-order valence-corrected chi connectivity index (χ1v) is 10.7. The highest BCUT2D eigenvalue weighted by molar-refractivity contribution is 7.91. The van der Waals surface area contributed by atoms with Crippen molar-refractivity contribution in [1.29, 1.82) is 0 Å². The summed E-state index contributed by atoms with van der Waals surface area (Å²) in [4.78, 5) is 12.9. The molecule has 4 aromatic rings. The van der Waals surface area contributed by atoms with Gasteiger partial charge in [0, 0.05) is 5.56 Å². The molecule has 30 heavy (non-hydrogen) atoms. The van der Waals surface area contributed by atoms with Gasteiger partial charge in [-0.3, -0.25) is 0 Å². The first-order chi connectivity index (χ1) is 14.4. The number of fused-ring (bicyclic) bond motifs is 1. The minimum Gasteiger partial charge on any atom is -0.475 e. The summed E-state index contributed by atoms with van der Waals surface area (Å²) < 4.78 is 43.7. The van der Waals surface area contributed by atoms with Gasteiger partial charge in [0.15, 0.2) is 15.4 Å². The van der Waals surface area contributed by atoms with Crippen molar-refractivity contribution in [3.05, 3.63) is 72.5 Å². The third kappa shape index (κ3) is 4.20. The Balaban J connectivity index is 1.61. The Morgan fingerprint density at radius 3 is 2.37 bits per heavy atom. The predicted molar refractivity (Wildman–Crippen MR) is 111 cm³/mol. The van der Waals surface area contributed by atoms with Gasteiger partial charge in [0.05, 0.1) is 21.9 Å². The summed E-state index contributed by atoms with van der Waals surface area (Å²) >= 11 is 0. The number of benzene rings is 2. The van der Waals surface area contributed by atoms with E-state index in [1.807, 2.05) is 0 Å². The van der Waals surface area contributed by atoms with Crippen LogP contribution in [-0.2, 0) is 9.84 Å². The Kier molecular flexibility index (Phi) is 5.28. The van der Waals surface area contributed by atoms with Crippen LogP contribution in [0.25, 0.3) is 22.3 Å². The van der Waals surface area contributed by atoms with Crippen LogP contribution in [0.1, 0.15) is 0 Å². The highest BCUT2D eigenvalue weighted by atomic mass is 32.2. The number of hydrogen-bond acceptors (Lipinski definition) is 7. The molecular formula is C21H17FN4O3S. The minimum absolute atomic E-state index is 0.0141. The summed E-state index contributed by atoms with van der Waals surface area (Å²) in [5, 5.41) is 0. The molecule has 0 radical (unpaired) electrons. The molecule has 0 amide bonds. The van der Waals surface area contributed by atoms with Crippen LogP contribution in [0.2, 0.25) is 0 Å². The number of ether oxygens (including phenoxy) is 1. The van der Waals surface area contributed by atoms with E-state index in [9.17, 15) is 12.8 Å². The van der Waals surface area contributed by atoms with Gasteiger partial charge in [-0.15, -0.1) is 0 Å². The second kappa shape index (κ2) is 8.03. The molecule has 9 heteroatoms. The average molecular weight is 424 g/mol. The zero-order valence-electron chi connectivity index (χ0n) is 15.7. The molecule has 0 atom stereocenters. The van der Waals surface area contributed by atoms with Crippen LogP contribution in [-0.4, -0.2) is 35.7 Å². The molecule has 0 saturated heterocycles. The maximum Gasteiger partial charge on any atom is 0.245 e. The van der Waals surface area contributed by atoms with Crippen LogP contribution in [0.3, 0.4) is 0 Å². The molecule has 0 fully saturated rings. The first-order valence-electron chi connectivity index (χ1n) is 9.03. The van der Waals surface area contributed by atoms with Crippen LogP contribution >= 0.6 is 0 Å². The molecule has 0 bridgehead atoms. The summed E-state index contributed by atoms with van der Waals surface area (Å²) in [7, 11) is -3.50. The number of rotatable bonds is 6. The molecule has 4 rings (SSSR count). The van der Waals surface area contributed by atoms with Crippen molar-refractivity contribution >= 4 is 26.8 Å². The van der Waals surface area contributed by atoms with Crippen molar-refractivity contribution in [2.24, 2.45) is 0 Å². The molecular weight excluding hydrogens is 407 g/mol. The summed E-state index contributed by atoms with van der Waals surface area (Å²) in [6.07, 6.45) is 0. The van der Waals surface area contributed by atoms with E-state index in [-0.39, 0.29) is 34.9 Å². The summed E-state index contributed by atoms with van der Waals surface area (Å²) in [5.74, 6) is -0.510. The topological polar surface area (TPSA) is 108 Å². The fourth-order valence-corrected chi connectivity index (χ4v) is 3.99. The van der Waals surface area contributed by atoms with Gasteiger partial charge in [0.1, 0.15) is 12.4 Å². The molecule has 0 aliphatic heterocycles. The minimum atomic E-state index is -3.50. The molecule has 0 saturated carbocycles. The molecule has 0 spiro atoms. The highest BCUT2D eigenvalue weighted by Crippen LogP contribution is 2.26. The third-order valence-electron chi connectivity index (χ3n) is 4.36. The van der Waals surface area contributed by atoms with E-state index in [2.05, 4.69) is 15.0 Å². The highest BCUT2D eigenvalue weighted by Gasteiger charge is 2.16. The zero-order valence-corrected chi connectivity index (χ0v) is 16.5. The summed E-state index contributed by atoms with van der Waals surface area (Å²) in [6.45, 7) is -0.134. The van der Waals surface area contributed by atoms with E-state index in [4.69, 9.17) is 10.5 Å². The van der Waals surface area contributed by atoms with E-state index in [1.54, 1.807) is 42.5 Å². The van der Waals surface area contributed by atoms with Gasteiger partial charge in [0.2, 0.25) is 11.8 Å².